The maximum absolute atomic E-state index is 4.25. The Labute approximate surface area is 84.1 Å². The number of hydrogen-bond acceptors (Lipinski definition) is 3. The third-order valence-electron chi connectivity index (χ3n) is 1.67. The molecule has 0 spiro atoms. The van der Waals surface area contributed by atoms with Crippen molar-refractivity contribution in [2.45, 2.75) is 24.9 Å². The standard InChI is InChI=1S/C10H16N2S/c1-3-11-9(2)8-13-10-6-4-5-7-12-10/h4-7,9,11H,3,8H2,1-2H3. The molecule has 0 saturated carbocycles. The van der Waals surface area contributed by atoms with Gasteiger partial charge < -0.3 is 5.32 Å². The van der Waals surface area contributed by atoms with Gasteiger partial charge in [-0.1, -0.05) is 13.0 Å². The van der Waals surface area contributed by atoms with Gasteiger partial charge in [0.05, 0.1) is 5.03 Å². The van der Waals surface area contributed by atoms with Crippen LogP contribution in [0.2, 0.25) is 0 Å². The fourth-order valence-electron chi connectivity index (χ4n) is 1.05. The van der Waals surface area contributed by atoms with Gasteiger partial charge in [-0.05, 0) is 25.6 Å². The van der Waals surface area contributed by atoms with Gasteiger partial charge in [0, 0.05) is 18.0 Å². The predicted octanol–water partition coefficient (Wildman–Crippen LogP) is 2.17. The van der Waals surface area contributed by atoms with E-state index in [-0.39, 0.29) is 0 Å². The van der Waals surface area contributed by atoms with E-state index in [1.165, 1.54) is 0 Å². The topological polar surface area (TPSA) is 24.9 Å². The van der Waals surface area contributed by atoms with Gasteiger partial charge in [0.15, 0.2) is 0 Å². The van der Waals surface area contributed by atoms with Crippen LogP contribution in [0.1, 0.15) is 13.8 Å². The summed E-state index contributed by atoms with van der Waals surface area (Å²) in [5.41, 5.74) is 0. The van der Waals surface area contributed by atoms with Crippen molar-refractivity contribution in [3.63, 3.8) is 0 Å². The van der Waals surface area contributed by atoms with Crippen LogP contribution in [0.25, 0.3) is 0 Å². The quantitative estimate of drug-likeness (QED) is 0.731. The van der Waals surface area contributed by atoms with E-state index >= 15 is 0 Å². The predicted molar refractivity (Wildman–Crippen MR) is 58.1 cm³/mol. The minimum Gasteiger partial charge on any atom is -0.314 e. The third-order valence-corrected chi connectivity index (χ3v) is 2.88. The van der Waals surface area contributed by atoms with Crippen molar-refractivity contribution in [3.05, 3.63) is 24.4 Å². The van der Waals surface area contributed by atoms with Crippen molar-refractivity contribution in [2.75, 3.05) is 12.3 Å². The van der Waals surface area contributed by atoms with Gasteiger partial charge >= 0.3 is 0 Å². The monoisotopic (exact) mass is 196 g/mol. The van der Waals surface area contributed by atoms with Gasteiger partial charge in [0.1, 0.15) is 0 Å². The average molecular weight is 196 g/mol. The molecular weight excluding hydrogens is 180 g/mol. The lowest BCUT2D eigenvalue weighted by atomic mass is 10.4. The molecule has 0 aliphatic carbocycles. The summed E-state index contributed by atoms with van der Waals surface area (Å²) in [6, 6.07) is 6.56. The van der Waals surface area contributed by atoms with Crippen LogP contribution in [-0.2, 0) is 0 Å². The summed E-state index contributed by atoms with van der Waals surface area (Å²) in [6.07, 6.45) is 1.83. The second-order valence-electron chi connectivity index (χ2n) is 2.94. The summed E-state index contributed by atoms with van der Waals surface area (Å²) in [7, 11) is 0. The zero-order valence-corrected chi connectivity index (χ0v) is 8.97. The van der Waals surface area contributed by atoms with E-state index in [0.717, 1.165) is 17.3 Å². The van der Waals surface area contributed by atoms with Crippen molar-refractivity contribution < 1.29 is 0 Å². The number of nitrogens with zero attached hydrogens (tertiary/aromatic N) is 1. The van der Waals surface area contributed by atoms with Crippen LogP contribution in [0.4, 0.5) is 0 Å². The van der Waals surface area contributed by atoms with Gasteiger partial charge in [0.25, 0.3) is 0 Å². The highest BCUT2D eigenvalue weighted by Crippen LogP contribution is 2.14. The molecule has 0 radical (unpaired) electrons. The minimum atomic E-state index is 0.553. The van der Waals surface area contributed by atoms with E-state index in [0.29, 0.717) is 6.04 Å². The first-order chi connectivity index (χ1) is 6.33. The average Bonchev–Trinajstić information content (AvgIpc) is 2.17. The normalized spacial score (nSPS) is 12.8. The largest absolute Gasteiger partial charge is 0.314 e. The number of rotatable bonds is 5. The summed E-state index contributed by atoms with van der Waals surface area (Å²) >= 11 is 1.79. The molecule has 0 aromatic carbocycles. The summed E-state index contributed by atoms with van der Waals surface area (Å²) < 4.78 is 0. The molecule has 0 saturated heterocycles. The molecule has 1 atom stereocenters. The Morgan fingerprint density at radius 1 is 1.54 bits per heavy atom. The zero-order chi connectivity index (χ0) is 9.52. The van der Waals surface area contributed by atoms with Crippen LogP contribution >= 0.6 is 11.8 Å². The van der Waals surface area contributed by atoms with E-state index < -0.39 is 0 Å². The Hall–Kier alpha value is -0.540. The summed E-state index contributed by atoms with van der Waals surface area (Å²) in [5, 5.41) is 4.47. The SMILES string of the molecule is CCNC(C)CSc1ccccn1. The minimum absolute atomic E-state index is 0.553. The maximum atomic E-state index is 4.25. The summed E-state index contributed by atoms with van der Waals surface area (Å²) in [5.74, 6) is 1.07. The van der Waals surface area contributed by atoms with Gasteiger partial charge in [-0.3, -0.25) is 0 Å². The summed E-state index contributed by atoms with van der Waals surface area (Å²) in [6.45, 7) is 5.35. The van der Waals surface area contributed by atoms with Crippen LogP contribution in [0.5, 0.6) is 0 Å². The number of thioether (sulfide) groups is 1. The molecule has 1 heterocycles. The molecule has 1 unspecified atom stereocenters. The molecule has 1 aromatic heterocycles. The second kappa shape index (κ2) is 6.00. The van der Waals surface area contributed by atoms with Gasteiger partial charge in [-0.2, -0.15) is 0 Å². The molecule has 72 valence electrons. The number of hydrogen-bond donors (Lipinski definition) is 1. The smallest absolute Gasteiger partial charge is 0.0960 e. The Balaban J connectivity index is 2.27. The van der Waals surface area contributed by atoms with Crippen molar-refractivity contribution >= 4 is 11.8 Å². The van der Waals surface area contributed by atoms with E-state index in [4.69, 9.17) is 0 Å². The third kappa shape index (κ3) is 4.29. The van der Waals surface area contributed by atoms with E-state index in [1.807, 2.05) is 24.4 Å². The van der Waals surface area contributed by atoms with Crippen LogP contribution in [-0.4, -0.2) is 23.3 Å². The molecule has 2 nitrogen and oxygen atoms in total. The molecule has 13 heavy (non-hydrogen) atoms. The number of aromatic nitrogens is 1. The summed E-state index contributed by atoms with van der Waals surface area (Å²) in [4.78, 5) is 4.25. The maximum Gasteiger partial charge on any atom is 0.0960 e. The lowest BCUT2D eigenvalue weighted by molar-refractivity contribution is 0.620. The lowest BCUT2D eigenvalue weighted by Crippen LogP contribution is -2.27. The van der Waals surface area contributed by atoms with Crippen LogP contribution in [0.15, 0.2) is 29.4 Å². The van der Waals surface area contributed by atoms with Gasteiger partial charge in [-0.25, -0.2) is 4.98 Å². The first-order valence-corrected chi connectivity index (χ1v) is 5.58. The van der Waals surface area contributed by atoms with Crippen molar-refractivity contribution in [3.8, 4) is 0 Å². The molecular formula is C10H16N2S. The van der Waals surface area contributed by atoms with Crippen LogP contribution in [0, 0.1) is 0 Å². The Morgan fingerprint density at radius 3 is 3.00 bits per heavy atom. The second-order valence-corrected chi connectivity index (χ2v) is 3.98. The highest BCUT2D eigenvalue weighted by molar-refractivity contribution is 7.99. The number of nitrogens with one attached hydrogen (secondary N) is 1. The van der Waals surface area contributed by atoms with E-state index in [2.05, 4.69) is 24.1 Å². The molecule has 0 aliphatic heterocycles. The van der Waals surface area contributed by atoms with E-state index in [9.17, 15) is 0 Å². The van der Waals surface area contributed by atoms with Crippen LogP contribution < -0.4 is 5.32 Å². The first kappa shape index (κ1) is 10.5. The van der Waals surface area contributed by atoms with Crippen molar-refractivity contribution in [1.29, 1.82) is 0 Å². The zero-order valence-electron chi connectivity index (χ0n) is 8.16. The molecule has 3 heteroatoms. The van der Waals surface area contributed by atoms with E-state index in [1.54, 1.807) is 11.8 Å². The first-order valence-electron chi connectivity index (χ1n) is 4.60. The molecule has 1 N–H and O–H groups in total. The fraction of sp³-hybridized carbons (Fsp3) is 0.500. The highest BCUT2D eigenvalue weighted by atomic mass is 32.2. The molecule has 1 rings (SSSR count). The molecule has 1 aromatic rings. The fourth-order valence-corrected chi connectivity index (χ4v) is 1.90. The Morgan fingerprint density at radius 2 is 2.38 bits per heavy atom. The Kier molecular flexibility index (Phi) is 4.86. The highest BCUT2D eigenvalue weighted by Gasteiger charge is 2.00. The van der Waals surface area contributed by atoms with Crippen LogP contribution in [0.3, 0.4) is 0 Å². The molecule has 0 amide bonds. The van der Waals surface area contributed by atoms with Gasteiger partial charge in [-0.15, -0.1) is 11.8 Å². The number of pyridine rings is 1. The Bertz CT molecular complexity index is 226. The van der Waals surface area contributed by atoms with Crippen molar-refractivity contribution in [2.24, 2.45) is 0 Å². The molecule has 0 bridgehead atoms. The van der Waals surface area contributed by atoms with Gasteiger partial charge in [0.2, 0.25) is 0 Å². The van der Waals surface area contributed by atoms with Crippen molar-refractivity contribution in [1.82, 2.24) is 10.3 Å². The lowest BCUT2D eigenvalue weighted by Gasteiger charge is -2.10. The molecule has 0 fully saturated rings. The molecule has 0 aliphatic rings.